The van der Waals surface area contributed by atoms with Gasteiger partial charge in [-0.25, -0.2) is 0 Å². The predicted octanol–water partition coefficient (Wildman–Crippen LogP) is 0.736. The summed E-state index contributed by atoms with van der Waals surface area (Å²) in [5, 5.41) is 2.57. The Balaban J connectivity index is 2.40. The van der Waals surface area contributed by atoms with E-state index >= 15 is 0 Å². The molecule has 110 valence electrons. The molecule has 19 heavy (non-hydrogen) atoms. The normalized spacial score (nSPS) is 22.9. The lowest BCUT2D eigenvalue weighted by molar-refractivity contribution is -0.136. The van der Waals surface area contributed by atoms with Gasteiger partial charge >= 0.3 is 0 Å². The third-order valence-corrected chi connectivity index (χ3v) is 4.04. The summed E-state index contributed by atoms with van der Waals surface area (Å²) in [6.07, 6.45) is 5.64. The summed E-state index contributed by atoms with van der Waals surface area (Å²) >= 11 is 0. The highest BCUT2D eigenvalue weighted by molar-refractivity contribution is 5.80. The minimum Gasteiger partial charge on any atom is -0.359 e. The fourth-order valence-corrected chi connectivity index (χ4v) is 2.83. The fourth-order valence-electron chi connectivity index (χ4n) is 2.83. The summed E-state index contributed by atoms with van der Waals surface area (Å²) in [6, 6.07) is 0. The van der Waals surface area contributed by atoms with E-state index in [1.165, 1.54) is 6.42 Å². The molecule has 2 unspecified atom stereocenters. The number of carbonyl (C=O) groups is 2. The molecule has 5 heteroatoms. The molecular formula is C14H27N3O2. The van der Waals surface area contributed by atoms with Crippen molar-refractivity contribution in [2.45, 2.75) is 38.5 Å². The van der Waals surface area contributed by atoms with Crippen LogP contribution in [0.4, 0.5) is 0 Å². The van der Waals surface area contributed by atoms with Crippen LogP contribution in [0.5, 0.6) is 0 Å². The van der Waals surface area contributed by atoms with Gasteiger partial charge in [0.05, 0.1) is 0 Å². The third-order valence-electron chi connectivity index (χ3n) is 4.04. The van der Waals surface area contributed by atoms with Gasteiger partial charge in [0, 0.05) is 33.0 Å². The van der Waals surface area contributed by atoms with E-state index in [1.54, 1.807) is 19.0 Å². The van der Waals surface area contributed by atoms with E-state index in [1.807, 2.05) is 0 Å². The summed E-state index contributed by atoms with van der Waals surface area (Å²) < 4.78 is 0. The van der Waals surface area contributed by atoms with E-state index in [0.29, 0.717) is 25.4 Å². The first kappa shape index (κ1) is 16.0. The number of nitrogens with zero attached hydrogens (tertiary/aromatic N) is 1. The molecule has 0 spiro atoms. The molecule has 0 aliphatic heterocycles. The van der Waals surface area contributed by atoms with Crippen LogP contribution in [-0.2, 0) is 9.59 Å². The standard InChI is InChI=1S/C14H27N3O2/c1-16-13(18)7-9-17(2)14(19)12-5-3-4-11(10-12)6-8-15/h11-12H,3-10,15H2,1-2H3,(H,16,18). The second-order valence-electron chi connectivity index (χ2n) is 5.49. The minimum absolute atomic E-state index is 0.0238. The maximum absolute atomic E-state index is 12.3. The molecule has 0 heterocycles. The monoisotopic (exact) mass is 269 g/mol. The van der Waals surface area contributed by atoms with Gasteiger partial charge < -0.3 is 16.0 Å². The Bertz CT molecular complexity index is 305. The Morgan fingerprint density at radius 1 is 1.37 bits per heavy atom. The van der Waals surface area contributed by atoms with Crippen LogP contribution in [0.1, 0.15) is 38.5 Å². The van der Waals surface area contributed by atoms with Gasteiger partial charge in [0.15, 0.2) is 0 Å². The summed E-state index contributed by atoms with van der Waals surface area (Å²) in [5.74, 6) is 0.884. The summed E-state index contributed by atoms with van der Waals surface area (Å²) in [6.45, 7) is 1.20. The van der Waals surface area contributed by atoms with Crippen molar-refractivity contribution in [2.24, 2.45) is 17.6 Å². The van der Waals surface area contributed by atoms with Gasteiger partial charge in [-0.2, -0.15) is 0 Å². The quantitative estimate of drug-likeness (QED) is 0.746. The Labute approximate surface area is 115 Å². The number of hydrogen-bond donors (Lipinski definition) is 2. The van der Waals surface area contributed by atoms with Crippen molar-refractivity contribution in [3.8, 4) is 0 Å². The van der Waals surface area contributed by atoms with Gasteiger partial charge in [-0.05, 0) is 31.7 Å². The van der Waals surface area contributed by atoms with Crippen LogP contribution in [0.25, 0.3) is 0 Å². The average Bonchev–Trinajstić information content (AvgIpc) is 2.44. The molecule has 0 aromatic rings. The molecule has 1 rings (SSSR count). The van der Waals surface area contributed by atoms with Crippen molar-refractivity contribution in [1.82, 2.24) is 10.2 Å². The summed E-state index contributed by atoms with van der Waals surface area (Å²) in [7, 11) is 3.40. The molecule has 3 N–H and O–H groups in total. The number of nitrogens with one attached hydrogen (secondary N) is 1. The number of carbonyl (C=O) groups excluding carboxylic acids is 2. The van der Waals surface area contributed by atoms with E-state index in [9.17, 15) is 9.59 Å². The summed E-state index contributed by atoms with van der Waals surface area (Å²) in [5.41, 5.74) is 5.60. The van der Waals surface area contributed by atoms with Crippen molar-refractivity contribution in [2.75, 3.05) is 27.2 Å². The van der Waals surface area contributed by atoms with Gasteiger partial charge in [0.25, 0.3) is 0 Å². The van der Waals surface area contributed by atoms with Gasteiger partial charge in [0.2, 0.25) is 11.8 Å². The zero-order valence-electron chi connectivity index (χ0n) is 12.2. The van der Waals surface area contributed by atoms with Gasteiger partial charge in [-0.1, -0.05) is 12.8 Å². The lowest BCUT2D eigenvalue weighted by atomic mass is 9.79. The molecule has 0 saturated heterocycles. The molecule has 0 aromatic heterocycles. The molecule has 2 atom stereocenters. The van der Waals surface area contributed by atoms with E-state index in [4.69, 9.17) is 5.73 Å². The largest absolute Gasteiger partial charge is 0.359 e. The van der Waals surface area contributed by atoms with Crippen LogP contribution >= 0.6 is 0 Å². The van der Waals surface area contributed by atoms with E-state index in [2.05, 4.69) is 5.32 Å². The highest BCUT2D eigenvalue weighted by Crippen LogP contribution is 2.31. The molecule has 1 aliphatic carbocycles. The number of nitrogens with two attached hydrogens (primary N) is 1. The molecule has 0 radical (unpaired) electrons. The molecule has 1 fully saturated rings. The zero-order valence-corrected chi connectivity index (χ0v) is 12.2. The smallest absolute Gasteiger partial charge is 0.225 e. The van der Waals surface area contributed by atoms with Crippen LogP contribution < -0.4 is 11.1 Å². The van der Waals surface area contributed by atoms with Gasteiger partial charge in [-0.3, -0.25) is 9.59 Å². The highest BCUT2D eigenvalue weighted by atomic mass is 16.2. The lowest BCUT2D eigenvalue weighted by Crippen LogP contribution is -2.37. The molecule has 0 aromatic carbocycles. The van der Waals surface area contributed by atoms with Gasteiger partial charge in [0.1, 0.15) is 0 Å². The van der Waals surface area contributed by atoms with Crippen molar-refractivity contribution in [3.63, 3.8) is 0 Å². The average molecular weight is 269 g/mol. The first-order valence-electron chi connectivity index (χ1n) is 7.24. The molecule has 1 saturated carbocycles. The number of hydrogen-bond acceptors (Lipinski definition) is 3. The SMILES string of the molecule is CNC(=O)CCN(C)C(=O)C1CCCC(CCN)C1. The van der Waals surface area contributed by atoms with Gasteiger partial charge in [-0.15, -0.1) is 0 Å². The van der Waals surface area contributed by atoms with Crippen molar-refractivity contribution in [3.05, 3.63) is 0 Å². The molecule has 2 amide bonds. The first-order valence-corrected chi connectivity index (χ1v) is 7.24. The van der Waals surface area contributed by atoms with Crippen molar-refractivity contribution >= 4 is 11.8 Å². The Kier molecular flexibility index (Phi) is 6.84. The van der Waals surface area contributed by atoms with Crippen LogP contribution in [0.3, 0.4) is 0 Å². The number of amides is 2. The van der Waals surface area contributed by atoms with Crippen LogP contribution in [0.15, 0.2) is 0 Å². The summed E-state index contributed by atoms with van der Waals surface area (Å²) in [4.78, 5) is 25.2. The fraction of sp³-hybridized carbons (Fsp3) is 0.857. The predicted molar refractivity (Wildman–Crippen MR) is 75.4 cm³/mol. The van der Waals surface area contributed by atoms with E-state index in [0.717, 1.165) is 25.7 Å². The minimum atomic E-state index is -0.0238. The maximum atomic E-state index is 12.3. The van der Waals surface area contributed by atoms with Crippen LogP contribution in [0, 0.1) is 11.8 Å². The van der Waals surface area contributed by atoms with Crippen molar-refractivity contribution in [1.29, 1.82) is 0 Å². The third kappa shape index (κ3) is 5.19. The van der Waals surface area contributed by atoms with Crippen LogP contribution in [-0.4, -0.2) is 43.9 Å². The Hall–Kier alpha value is -1.10. The Morgan fingerprint density at radius 2 is 2.11 bits per heavy atom. The molecule has 0 bridgehead atoms. The van der Waals surface area contributed by atoms with E-state index < -0.39 is 0 Å². The second-order valence-corrected chi connectivity index (χ2v) is 5.49. The van der Waals surface area contributed by atoms with Crippen molar-refractivity contribution < 1.29 is 9.59 Å². The molecular weight excluding hydrogens is 242 g/mol. The lowest BCUT2D eigenvalue weighted by Gasteiger charge is -2.31. The van der Waals surface area contributed by atoms with Crippen LogP contribution in [0.2, 0.25) is 0 Å². The molecule has 1 aliphatic rings. The highest BCUT2D eigenvalue weighted by Gasteiger charge is 2.28. The second kappa shape index (κ2) is 8.15. The zero-order chi connectivity index (χ0) is 14.3. The Morgan fingerprint density at radius 3 is 2.74 bits per heavy atom. The first-order chi connectivity index (χ1) is 9.08. The van der Waals surface area contributed by atoms with E-state index in [-0.39, 0.29) is 17.7 Å². The topological polar surface area (TPSA) is 75.4 Å². The maximum Gasteiger partial charge on any atom is 0.225 e. The number of rotatable bonds is 6. The molecule has 5 nitrogen and oxygen atoms in total.